The third-order valence-corrected chi connectivity index (χ3v) is 4.24. The summed E-state index contributed by atoms with van der Waals surface area (Å²) in [6.45, 7) is 0.590. The van der Waals surface area contributed by atoms with Crippen LogP contribution >= 0.6 is 23.6 Å². The van der Waals surface area contributed by atoms with E-state index in [0.717, 1.165) is 0 Å². The number of nitrogens with one attached hydrogen (secondary N) is 1. The number of ether oxygens (including phenoxy) is 2. The molecular weight excluding hydrogens is 368 g/mol. The van der Waals surface area contributed by atoms with Crippen LogP contribution in [0.5, 0.6) is 5.88 Å². The molecule has 0 aliphatic heterocycles. The number of carbonyl (C=O) groups is 1. The van der Waals surface area contributed by atoms with Crippen LogP contribution in [0.2, 0.25) is 0 Å². The van der Waals surface area contributed by atoms with E-state index in [2.05, 4.69) is 19.7 Å². The maximum absolute atomic E-state index is 12.0. The molecule has 2 aromatic heterocycles. The number of methoxy groups -OCH3 is 2. The second-order valence-corrected chi connectivity index (χ2v) is 6.00. The van der Waals surface area contributed by atoms with Crippen molar-refractivity contribution in [2.75, 3.05) is 20.8 Å². The quantitative estimate of drug-likeness (QED) is 0.418. The van der Waals surface area contributed by atoms with Crippen molar-refractivity contribution in [3.63, 3.8) is 0 Å². The van der Waals surface area contributed by atoms with Gasteiger partial charge in [0.05, 0.1) is 32.4 Å². The zero-order valence-corrected chi connectivity index (χ0v) is 15.1. The number of thiazole rings is 1. The van der Waals surface area contributed by atoms with Gasteiger partial charge in [-0.1, -0.05) is 0 Å². The van der Waals surface area contributed by atoms with E-state index in [9.17, 15) is 14.7 Å². The van der Waals surface area contributed by atoms with Crippen molar-refractivity contribution >= 4 is 40.9 Å². The third kappa shape index (κ3) is 4.81. The predicted molar refractivity (Wildman–Crippen MR) is 94.5 cm³/mol. The minimum Gasteiger partial charge on any atom is -0.494 e. The number of nitrogens with zero attached hydrogens (tertiary/aromatic N) is 3. The standard InChI is InChI=1S/C14H16N4O5S2/c1-22-4-3-18-12(21)9(11(20)17-14(18)24)6-15-13-16-8(7-25-13)5-10(19)23-2/h6-7,21H,3-5H2,1-2H3,(H,17,20,24)/b15-6+. The van der Waals surface area contributed by atoms with Crippen molar-refractivity contribution in [3.8, 4) is 5.88 Å². The second-order valence-electron chi connectivity index (χ2n) is 4.77. The van der Waals surface area contributed by atoms with Crippen molar-refractivity contribution in [1.82, 2.24) is 14.5 Å². The first-order valence-corrected chi connectivity index (χ1v) is 8.35. The van der Waals surface area contributed by atoms with Crippen molar-refractivity contribution in [2.24, 2.45) is 4.99 Å². The van der Waals surface area contributed by atoms with Crippen LogP contribution in [-0.4, -0.2) is 52.7 Å². The summed E-state index contributed by atoms with van der Waals surface area (Å²) in [5.41, 5.74) is -0.0983. The smallest absolute Gasteiger partial charge is 0.311 e. The summed E-state index contributed by atoms with van der Waals surface area (Å²) in [7, 11) is 2.81. The molecule has 0 spiro atoms. The van der Waals surface area contributed by atoms with Gasteiger partial charge in [0.1, 0.15) is 5.56 Å². The average molecular weight is 384 g/mol. The minimum absolute atomic E-state index is 0.0377. The molecule has 11 heteroatoms. The van der Waals surface area contributed by atoms with Crippen molar-refractivity contribution in [3.05, 3.63) is 31.8 Å². The molecule has 2 N–H and O–H groups in total. The topological polar surface area (TPSA) is 119 Å². The predicted octanol–water partition coefficient (Wildman–Crippen LogP) is 1.18. The summed E-state index contributed by atoms with van der Waals surface area (Å²) in [5.74, 6) is -0.712. The largest absolute Gasteiger partial charge is 0.494 e. The van der Waals surface area contributed by atoms with Gasteiger partial charge in [-0.15, -0.1) is 11.3 Å². The molecule has 0 unspecified atom stereocenters. The fourth-order valence-electron chi connectivity index (χ4n) is 1.86. The highest BCUT2D eigenvalue weighted by molar-refractivity contribution is 7.71. The Morgan fingerprint density at radius 3 is 3.00 bits per heavy atom. The molecule has 0 aromatic carbocycles. The highest BCUT2D eigenvalue weighted by Gasteiger charge is 2.11. The minimum atomic E-state index is -0.564. The molecule has 0 saturated carbocycles. The third-order valence-electron chi connectivity index (χ3n) is 3.12. The first-order chi connectivity index (χ1) is 12.0. The highest BCUT2D eigenvalue weighted by Crippen LogP contribution is 2.20. The summed E-state index contributed by atoms with van der Waals surface area (Å²) in [6.07, 6.45) is 1.24. The Morgan fingerprint density at radius 2 is 2.32 bits per heavy atom. The number of aliphatic imine (C=N–C) groups is 1. The molecule has 2 rings (SSSR count). The van der Waals surface area contributed by atoms with E-state index in [4.69, 9.17) is 17.0 Å². The molecular formula is C14H16N4O5S2. The van der Waals surface area contributed by atoms with Gasteiger partial charge in [0.25, 0.3) is 5.56 Å². The number of hydrogen-bond acceptors (Lipinski definition) is 9. The summed E-state index contributed by atoms with van der Waals surface area (Å²) < 4.78 is 10.9. The van der Waals surface area contributed by atoms with E-state index in [1.54, 1.807) is 5.38 Å². The summed E-state index contributed by atoms with van der Waals surface area (Å²) in [4.78, 5) is 33.9. The Hall–Kier alpha value is -2.37. The molecule has 0 saturated heterocycles. The van der Waals surface area contributed by atoms with E-state index in [1.165, 1.54) is 36.3 Å². The molecule has 2 heterocycles. The molecule has 0 amide bonds. The first-order valence-electron chi connectivity index (χ1n) is 7.06. The van der Waals surface area contributed by atoms with E-state index < -0.39 is 11.5 Å². The van der Waals surface area contributed by atoms with Gasteiger partial charge in [0.2, 0.25) is 11.0 Å². The van der Waals surface area contributed by atoms with Crippen LogP contribution in [0.25, 0.3) is 0 Å². The van der Waals surface area contributed by atoms with Gasteiger partial charge in [-0.3, -0.25) is 19.1 Å². The molecule has 0 bridgehead atoms. The fraction of sp³-hybridized carbons (Fsp3) is 0.357. The van der Waals surface area contributed by atoms with E-state index in [-0.39, 0.29) is 29.2 Å². The lowest BCUT2D eigenvalue weighted by atomic mass is 10.3. The van der Waals surface area contributed by atoms with Gasteiger partial charge in [-0.25, -0.2) is 9.98 Å². The Balaban J connectivity index is 2.27. The summed E-state index contributed by atoms with van der Waals surface area (Å²) in [6, 6.07) is 0. The van der Waals surface area contributed by atoms with Crippen LogP contribution in [-0.2, 0) is 27.2 Å². The van der Waals surface area contributed by atoms with Gasteiger partial charge in [0.15, 0.2) is 4.77 Å². The van der Waals surface area contributed by atoms with E-state index in [0.29, 0.717) is 17.4 Å². The van der Waals surface area contributed by atoms with Crippen LogP contribution in [0.15, 0.2) is 15.2 Å². The molecule has 134 valence electrons. The number of rotatable bonds is 7. The van der Waals surface area contributed by atoms with Crippen LogP contribution in [0.3, 0.4) is 0 Å². The van der Waals surface area contributed by atoms with Crippen molar-refractivity contribution in [2.45, 2.75) is 13.0 Å². The monoisotopic (exact) mass is 384 g/mol. The number of carbonyl (C=O) groups excluding carboxylic acids is 1. The van der Waals surface area contributed by atoms with Crippen molar-refractivity contribution < 1.29 is 19.4 Å². The molecule has 0 fully saturated rings. The number of aromatic hydroxyl groups is 1. The van der Waals surface area contributed by atoms with Crippen LogP contribution < -0.4 is 5.56 Å². The average Bonchev–Trinajstić information content (AvgIpc) is 3.01. The van der Waals surface area contributed by atoms with Crippen LogP contribution in [0.4, 0.5) is 5.13 Å². The number of hydrogen-bond donors (Lipinski definition) is 2. The lowest BCUT2D eigenvalue weighted by Gasteiger charge is -2.10. The van der Waals surface area contributed by atoms with E-state index >= 15 is 0 Å². The SMILES string of the molecule is COCCn1c(O)c(/C=N/c2nc(CC(=O)OC)cs2)c(=O)[nH]c1=S. The van der Waals surface area contributed by atoms with Crippen LogP contribution in [0.1, 0.15) is 11.3 Å². The molecule has 2 aromatic rings. The first kappa shape index (κ1) is 19.0. The Labute approximate surface area is 151 Å². The lowest BCUT2D eigenvalue weighted by molar-refractivity contribution is -0.139. The second kappa shape index (κ2) is 8.65. The normalized spacial score (nSPS) is 11.1. The molecule has 0 aliphatic carbocycles. The van der Waals surface area contributed by atoms with Gasteiger partial charge < -0.3 is 14.6 Å². The number of esters is 1. The number of aromatic amines is 1. The molecule has 0 aliphatic rings. The maximum atomic E-state index is 12.0. The van der Waals surface area contributed by atoms with Gasteiger partial charge in [-0.2, -0.15) is 0 Å². The zero-order valence-electron chi connectivity index (χ0n) is 13.5. The van der Waals surface area contributed by atoms with Gasteiger partial charge in [-0.05, 0) is 12.2 Å². The van der Waals surface area contributed by atoms with Gasteiger partial charge >= 0.3 is 5.97 Å². The number of aromatic nitrogens is 3. The molecule has 9 nitrogen and oxygen atoms in total. The van der Waals surface area contributed by atoms with Crippen molar-refractivity contribution in [1.29, 1.82) is 0 Å². The highest BCUT2D eigenvalue weighted by atomic mass is 32.1. The molecule has 0 atom stereocenters. The van der Waals surface area contributed by atoms with Gasteiger partial charge in [0, 0.05) is 18.7 Å². The zero-order chi connectivity index (χ0) is 18.4. The fourth-order valence-corrected chi connectivity index (χ4v) is 2.79. The Morgan fingerprint density at radius 1 is 1.56 bits per heavy atom. The summed E-state index contributed by atoms with van der Waals surface area (Å²) >= 11 is 6.22. The van der Waals surface area contributed by atoms with Crippen LogP contribution in [0, 0.1) is 4.77 Å². The molecule has 25 heavy (non-hydrogen) atoms. The lowest BCUT2D eigenvalue weighted by Crippen LogP contribution is -2.20. The maximum Gasteiger partial charge on any atom is 0.311 e. The summed E-state index contributed by atoms with van der Waals surface area (Å²) in [5, 5.41) is 12.3. The number of H-pyrrole nitrogens is 1. The van der Waals surface area contributed by atoms with E-state index in [1.807, 2.05) is 0 Å². The Kier molecular flexibility index (Phi) is 6.56. The molecule has 0 radical (unpaired) electrons. The Bertz CT molecular complexity index is 899.